The highest BCUT2D eigenvalue weighted by molar-refractivity contribution is 6.08. The van der Waals surface area contributed by atoms with Gasteiger partial charge in [-0.1, -0.05) is 60.7 Å². The molecule has 3 aromatic carbocycles. The minimum atomic E-state index is -0.899. The number of aliphatic imine (C=N–C) groups is 1. The Morgan fingerprint density at radius 1 is 0.821 bits per heavy atom. The van der Waals surface area contributed by atoms with Gasteiger partial charge in [0, 0.05) is 23.8 Å². The fraction of sp³-hybridized carbons (Fsp3) is 0.194. The van der Waals surface area contributed by atoms with Crippen molar-refractivity contribution in [2.24, 2.45) is 4.99 Å². The van der Waals surface area contributed by atoms with Crippen molar-refractivity contribution < 1.29 is 19.1 Å². The maximum absolute atomic E-state index is 12.9. The van der Waals surface area contributed by atoms with E-state index >= 15 is 0 Å². The van der Waals surface area contributed by atoms with E-state index in [2.05, 4.69) is 16.4 Å². The standard InChI is InChI=1S/C31H24N4O4/c32-19-25-26(20-33)35-30-29(34-25)23-13-7-8-14-24(23)31(30,17-15-27(36)38-21-9-3-1-4-10-21)18-16-28(37)39-22-11-5-2-6-12-22/h1-14,25,34H,15-18H2. The molecule has 8 heteroatoms. The van der Waals surface area contributed by atoms with Crippen LogP contribution in [0, 0.1) is 22.7 Å². The summed E-state index contributed by atoms with van der Waals surface area (Å²) < 4.78 is 11.1. The van der Waals surface area contributed by atoms with Crippen molar-refractivity contribution >= 4 is 23.3 Å². The van der Waals surface area contributed by atoms with E-state index in [0.717, 1.165) is 11.1 Å². The number of carbonyl (C=O) groups excluding carboxylic acids is 2. The number of esters is 2. The Hall–Kier alpha value is -5.21. The summed E-state index contributed by atoms with van der Waals surface area (Å²) in [5, 5.41) is 22.5. The third kappa shape index (κ3) is 5.14. The quantitative estimate of drug-likeness (QED) is 0.336. The summed E-state index contributed by atoms with van der Waals surface area (Å²) in [6.45, 7) is 0. The molecule has 1 aliphatic heterocycles. The Morgan fingerprint density at radius 3 is 1.90 bits per heavy atom. The number of nitrogens with one attached hydrogen (secondary N) is 1. The molecule has 0 aromatic heterocycles. The number of rotatable bonds is 8. The van der Waals surface area contributed by atoms with Gasteiger partial charge in [-0.3, -0.25) is 9.59 Å². The van der Waals surface area contributed by atoms with E-state index in [0.29, 0.717) is 22.9 Å². The average Bonchev–Trinajstić information content (AvgIpc) is 3.24. The fourth-order valence-electron chi connectivity index (χ4n) is 5.11. The van der Waals surface area contributed by atoms with Gasteiger partial charge in [0.05, 0.1) is 17.5 Å². The van der Waals surface area contributed by atoms with Crippen molar-refractivity contribution in [3.63, 3.8) is 0 Å². The van der Waals surface area contributed by atoms with Gasteiger partial charge in [0.15, 0.2) is 11.8 Å². The Morgan fingerprint density at radius 2 is 1.36 bits per heavy atom. The highest BCUT2D eigenvalue weighted by Crippen LogP contribution is 2.52. The zero-order valence-electron chi connectivity index (χ0n) is 21.0. The molecule has 0 amide bonds. The highest BCUT2D eigenvalue weighted by atomic mass is 16.5. The summed E-state index contributed by atoms with van der Waals surface area (Å²) in [5.74, 6) is 0.0237. The molecule has 0 radical (unpaired) electrons. The number of allylic oxidation sites excluding steroid dienone is 1. The number of hydrogen-bond donors (Lipinski definition) is 1. The molecule has 8 nitrogen and oxygen atoms in total. The first-order chi connectivity index (χ1) is 19.0. The van der Waals surface area contributed by atoms with Crippen LogP contribution in [0.25, 0.3) is 5.70 Å². The van der Waals surface area contributed by atoms with E-state index in [1.165, 1.54) is 0 Å². The summed E-state index contributed by atoms with van der Waals surface area (Å²) in [5.41, 5.74) is 1.98. The number of benzene rings is 3. The lowest BCUT2D eigenvalue weighted by atomic mass is 9.73. The highest BCUT2D eigenvalue weighted by Gasteiger charge is 2.48. The van der Waals surface area contributed by atoms with Gasteiger partial charge in [-0.15, -0.1) is 0 Å². The number of hydrogen-bond acceptors (Lipinski definition) is 8. The van der Waals surface area contributed by atoms with E-state index in [1.54, 1.807) is 48.5 Å². The summed E-state index contributed by atoms with van der Waals surface area (Å²) in [6.07, 6.45) is 0.613. The first-order valence-electron chi connectivity index (χ1n) is 12.5. The molecule has 0 fully saturated rings. The molecule has 1 aliphatic carbocycles. The second-order valence-corrected chi connectivity index (χ2v) is 9.24. The lowest BCUT2D eigenvalue weighted by Gasteiger charge is -2.33. The first kappa shape index (κ1) is 25.4. The molecule has 2 aliphatic rings. The van der Waals surface area contributed by atoms with Gasteiger partial charge in [-0.25, -0.2) is 4.99 Å². The normalized spacial score (nSPS) is 16.5. The molecule has 1 unspecified atom stereocenters. The van der Waals surface area contributed by atoms with Crippen LogP contribution < -0.4 is 14.8 Å². The Labute approximate surface area is 225 Å². The van der Waals surface area contributed by atoms with Gasteiger partial charge in [-0.05, 0) is 42.7 Å². The molecule has 1 heterocycles. The Balaban J connectivity index is 1.49. The molecular formula is C31H24N4O4. The van der Waals surface area contributed by atoms with Crippen LogP contribution in [0.2, 0.25) is 0 Å². The smallest absolute Gasteiger partial charge is 0.311 e. The van der Waals surface area contributed by atoms with Crippen LogP contribution in [-0.4, -0.2) is 23.7 Å². The maximum atomic E-state index is 12.9. The molecule has 1 atom stereocenters. The predicted octanol–water partition coefficient (Wildman–Crippen LogP) is 4.84. The van der Waals surface area contributed by atoms with E-state index in [9.17, 15) is 20.1 Å². The molecule has 0 spiro atoms. The van der Waals surface area contributed by atoms with E-state index in [-0.39, 0.29) is 31.4 Å². The number of fused-ring (bicyclic) bond motifs is 2. The van der Waals surface area contributed by atoms with Crippen molar-refractivity contribution in [3.8, 4) is 23.6 Å². The molecule has 0 saturated carbocycles. The number of ether oxygens (including phenoxy) is 2. The van der Waals surface area contributed by atoms with Crippen LogP contribution in [0.15, 0.2) is 95.6 Å². The average molecular weight is 517 g/mol. The van der Waals surface area contributed by atoms with Crippen molar-refractivity contribution in [2.75, 3.05) is 0 Å². The first-order valence-corrected chi connectivity index (χ1v) is 12.5. The molecule has 0 saturated heterocycles. The molecule has 0 bridgehead atoms. The summed E-state index contributed by atoms with van der Waals surface area (Å²) in [7, 11) is 0. The van der Waals surface area contributed by atoms with Crippen LogP contribution in [-0.2, 0) is 15.0 Å². The van der Waals surface area contributed by atoms with Crippen LogP contribution in [0.4, 0.5) is 0 Å². The van der Waals surface area contributed by atoms with E-state index in [4.69, 9.17) is 9.47 Å². The zero-order valence-corrected chi connectivity index (χ0v) is 21.0. The van der Waals surface area contributed by atoms with Crippen molar-refractivity contribution in [2.45, 2.75) is 37.1 Å². The molecule has 3 aromatic rings. The van der Waals surface area contributed by atoms with Crippen LogP contribution in [0.3, 0.4) is 0 Å². The summed E-state index contributed by atoms with van der Waals surface area (Å²) >= 11 is 0. The van der Waals surface area contributed by atoms with Crippen LogP contribution in [0.5, 0.6) is 11.5 Å². The second-order valence-electron chi connectivity index (χ2n) is 9.24. The monoisotopic (exact) mass is 516 g/mol. The Bertz CT molecular complexity index is 1490. The molecular weight excluding hydrogens is 492 g/mol. The summed E-state index contributed by atoms with van der Waals surface area (Å²) in [4.78, 5) is 30.5. The van der Waals surface area contributed by atoms with Gasteiger partial charge in [0.25, 0.3) is 0 Å². The molecule has 5 rings (SSSR count). The zero-order chi connectivity index (χ0) is 27.2. The van der Waals surface area contributed by atoms with Gasteiger partial charge in [0.2, 0.25) is 0 Å². The van der Waals surface area contributed by atoms with E-state index < -0.39 is 23.4 Å². The number of nitriles is 2. The Kier molecular flexibility index (Phi) is 7.20. The lowest BCUT2D eigenvalue weighted by Crippen LogP contribution is -2.38. The van der Waals surface area contributed by atoms with Crippen LogP contribution >= 0.6 is 0 Å². The number of carbonyl (C=O) groups is 2. The lowest BCUT2D eigenvalue weighted by molar-refractivity contribution is -0.134. The van der Waals surface area contributed by atoms with Gasteiger partial charge >= 0.3 is 11.9 Å². The third-order valence-electron chi connectivity index (χ3n) is 6.90. The topological polar surface area (TPSA) is 125 Å². The number of para-hydroxylation sites is 2. The SMILES string of the molecule is N#CC1=NC2=C(NC1C#N)c1ccccc1C2(CCC(=O)Oc1ccccc1)CCC(=O)Oc1ccccc1. The maximum Gasteiger partial charge on any atom is 0.311 e. The van der Waals surface area contributed by atoms with E-state index in [1.807, 2.05) is 42.5 Å². The van der Waals surface area contributed by atoms with Gasteiger partial charge in [-0.2, -0.15) is 10.5 Å². The van der Waals surface area contributed by atoms with Crippen molar-refractivity contribution in [1.82, 2.24) is 5.32 Å². The second kappa shape index (κ2) is 11.0. The van der Waals surface area contributed by atoms with Crippen molar-refractivity contribution in [3.05, 3.63) is 102 Å². The summed E-state index contributed by atoms with van der Waals surface area (Å²) in [6, 6.07) is 28.4. The molecule has 192 valence electrons. The number of nitrogens with zero attached hydrogens (tertiary/aromatic N) is 3. The van der Waals surface area contributed by atoms with Crippen molar-refractivity contribution in [1.29, 1.82) is 10.5 Å². The fourth-order valence-corrected chi connectivity index (χ4v) is 5.11. The van der Waals surface area contributed by atoms with Gasteiger partial charge < -0.3 is 14.8 Å². The predicted molar refractivity (Wildman–Crippen MR) is 143 cm³/mol. The van der Waals surface area contributed by atoms with Crippen LogP contribution in [0.1, 0.15) is 36.8 Å². The van der Waals surface area contributed by atoms with Gasteiger partial charge in [0.1, 0.15) is 17.6 Å². The molecule has 1 N–H and O–H groups in total. The third-order valence-corrected chi connectivity index (χ3v) is 6.90. The largest absolute Gasteiger partial charge is 0.427 e. The minimum Gasteiger partial charge on any atom is -0.427 e. The minimum absolute atomic E-state index is 0.0344. The molecule has 39 heavy (non-hydrogen) atoms.